The molecule has 0 amide bonds. The number of rotatable bonds is 6. The van der Waals surface area contributed by atoms with Crippen LogP contribution in [0.25, 0.3) is 0 Å². The summed E-state index contributed by atoms with van der Waals surface area (Å²) in [5.41, 5.74) is 0.851. The second-order valence-electron chi connectivity index (χ2n) is 4.02. The van der Waals surface area contributed by atoms with Gasteiger partial charge in [-0.2, -0.15) is 0 Å². The van der Waals surface area contributed by atoms with E-state index in [9.17, 15) is 0 Å². The fourth-order valence-corrected chi connectivity index (χ4v) is 1.53. The van der Waals surface area contributed by atoms with Gasteiger partial charge in [0, 0.05) is 6.07 Å². The zero-order valence-electron chi connectivity index (χ0n) is 10.7. The second-order valence-corrected chi connectivity index (χ2v) is 4.02. The van der Waals surface area contributed by atoms with Crippen LogP contribution in [-0.4, -0.2) is 11.8 Å². The SMILES string of the molecule is CCCOc1ccccc1OCc1cc(C)no1. The maximum Gasteiger partial charge on any atom is 0.174 e. The molecule has 0 bridgehead atoms. The Morgan fingerprint density at radius 2 is 1.89 bits per heavy atom. The van der Waals surface area contributed by atoms with E-state index >= 15 is 0 Å². The lowest BCUT2D eigenvalue weighted by Crippen LogP contribution is -2.00. The van der Waals surface area contributed by atoms with Gasteiger partial charge in [0.1, 0.15) is 6.61 Å². The molecule has 1 aromatic carbocycles. The number of ether oxygens (including phenoxy) is 2. The monoisotopic (exact) mass is 247 g/mol. The molecule has 0 saturated carbocycles. The molecule has 0 atom stereocenters. The molecule has 0 saturated heterocycles. The Bertz CT molecular complexity index is 493. The van der Waals surface area contributed by atoms with Crippen molar-refractivity contribution in [3.63, 3.8) is 0 Å². The number of aromatic nitrogens is 1. The van der Waals surface area contributed by atoms with E-state index in [-0.39, 0.29) is 0 Å². The molecule has 96 valence electrons. The molecule has 0 aliphatic rings. The third-order valence-electron chi connectivity index (χ3n) is 2.36. The average Bonchev–Trinajstić information content (AvgIpc) is 2.81. The Hall–Kier alpha value is -1.97. The first-order chi connectivity index (χ1) is 8.79. The lowest BCUT2D eigenvalue weighted by atomic mass is 10.3. The number of benzene rings is 1. The van der Waals surface area contributed by atoms with Crippen LogP contribution in [0.4, 0.5) is 0 Å². The number of aryl methyl sites for hydroxylation is 1. The highest BCUT2D eigenvalue weighted by molar-refractivity contribution is 5.39. The summed E-state index contributed by atoms with van der Waals surface area (Å²) in [6, 6.07) is 9.48. The minimum Gasteiger partial charge on any atom is -0.490 e. The highest BCUT2D eigenvalue weighted by atomic mass is 16.5. The zero-order valence-corrected chi connectivity index (χ0v) is 10.7. The van der Waals surface area contributed by atoms with Crippen molar-refractivity contribution in [3.8, 4) is 11.5 Å². The third kappa shape index (κ3) is 3.26. The van der Waals surface area contributed by atoms with Gasteiger partial charge in [-0.1, -0.05) is 24.2 Å². The van der Waals surface area contributed by atoms with Gasteiger partial charge in [-0.15, -0.1) is 0 Å². The van der Waals surface area contributed by atoms with Crippen molar-refractivity contribution >= 4 is 0 Å². The summed E-state index contributed by atoms with van der Waals surface area (Å²) >= 11 is 0. The summed E-state index contributed by atoms with van der Waals surface area (Å²) in [5, 5.41) is 3.81. The minimum absolute atomic E-state index is 0.355. The van der Waals surface area contributed by atoms with Gasteiger partial charge in [-0.05, 0) is 25.5 Å². The van der Waals surface area contributed by atoms with Gasteiger partial charge in [0.2, 0.25) is 0 Å². The normalized spacial score (nSPS) is 10.3. The van der Waals surface area contributed by atoms with Crippen LogP contribution in [-0.2, 0) is 6.61 Å². The lowest BCUT2D eigenvalue weighted by molar-refractivity contribution is 0.230. The summed E-state index contributed by atoms with van der Waals surface area (Å²) in [7, 11) is 0. The molecule has 0 N–H and O–H groups in total. The molecule has 4 nitrogen and oxygen atoms in total. The molecule has 0 aliphatic carbocycles. The molecular formula is C14H17NO3. The first-order valence-electron chi connectivity index (χ1n) is 6.06. The average molecular weight is 247 g/mol. The Morgan fingerprint density at radius 1 is 1.17 bits per heavy atom. The Kier molecular flexibility index (Phi) is 4.23. The van der Waals surface area contributed by atoms with Crippen molar-refractivity contribution in [2.24, 2.45) is 0 Å². The summed E-state index contributed by atoms with van der Waals surface area (Å²) in [5.74, 6) is 2.19. The molecule has 0 unspecified atom stereocenters. The maximum absolute atomic E-state index is 5.67. The van der Waals surface area contributed by atoms with Crippen molar-refractivity contribution in [2.75, 3.05) is 6.61 Å². The van der Waals surface area contributed by atoms with Crippen LogP contribution in [0.1, 0.15) is 24.8 Å². The fraction of sp³-hybridized carbons (Fsp3) is 0.357. The molecule has 0 aliphatic heterocycles. The summed E-state index contributed by atoms with van der Waals surface area (Å²) in [6.07, 6.45) is 0.968. The van der Waals surface area contributed by atoms with Crippen LogP contribution in [0.15, 0.2) is 34.9 Å². The van der Waals surface area contributed by atoms with E-state index in [0.717, 1.165) is 23.6 Å². The van der Waals surface area contributed by atoms with Crippen LogP contribution in [0.5, 0.6) is 11.5 Å². The summed E-state index contributed by atoms with van der Waals surface area (Å²) in [4.78, 5) is 0. The third-order valence-corrected chi connectivity index (χ3v) is 2.36. The van der Waals surface area contributed by atoms with E-state index in [1.807, 2.05) is 37.3 Å². The highest BCUT2D eigenvalue weighted by Gasteiger charge is 2.06. The molecule has 2 rings (SSSR count). The Labute approximate surface area is 107 Å². The quantitative estimate of drug-likeness (QED) is 0.785. The van der Waals surface area contributed by atoms with Crippen LogP contribution in [0, 0.1) is 6.92 Å². The second kappa shape index (κ2) is 6.10. The van der Waals surface area contributed by atoms with E-state index in [2.05, 4.69) is 12.1 Å². The molecule has 0 fully saturated rings. The topological polar surface area (TPSA) is 44.5 Å². The highest BCUT2D eigenvalue weighted by Crippen LogP contribution is 2.27. The van der Waals surface area contributed by atoms with Crippen molar-refractivity contribution in [3.05, 3.63) is 41.8 Å². The van der Waals surface area contributed by atoms with Crippen LogP contribution in [0.3, 0.4) is 0 Å². The molecule has 0 radical (unpaired) electrons. The molecule has 4 heteroatoms. The number of nitrogens with zero attached hydrogens (tertiary/aromatic N) is 1. The predicted molar refractivity (Wildman–Crippen MR) is 67.8 cm³/mol. The molecule has 1 heterocycles. The van der Waals surface area contributed by atoms with Gasteiger partial charge in [0.25, 0.3) is 0 Å². The summed E-state index contributed by atoms with van der Waals surface area (Å²) in [6.45, 7) is 4.99. The first kappa shape index (κ1) is 12.5. The van der Waals surface area contributed by atoms with Gasteiger partial charge < -0.3 is 14.0 Å². The number of hydrogen-bond donors (Lipinski definition) is 0. The van der Waals surface area contributed by atoms with Crippen molar-refractivity contribution in [1.29, 1.82) is 0 Å². The predicted octanol–water partition coefficient (Wildman–Crippen LogP) is 3.35. The first-order valence-corrected chi connectivity index (χ1v) is 6.06. The lowest BCUT2D eigenvalue weighted by Gasteiger charge is -2.10. The van der Waals surface area contributed by atoms with Crippen LogP contribution >= 0.6 is 0 Å². The van der Waals surface area contributed by atoms with Gasteiger partial charge in [0.15, 0.2) is 17.3 Å². The molecule has 1 aromatic heterocycles. The zero-order chi connectivity index (χ0) is 12.8. The van der Waals surface area contributed by atoms with Gasteiger partial charge >= 0.3 is 0 Å². The van der Waals surface area contributed by atoms with Gasteiger partial charge in [0.05, 0.1) is 12.3 Å². The Balaban J connectivity index is 1.99. The molecule has 18 heavy (non-hydrogen) atoms. The molecule has 0 spiro atoms. The van der Waals surface area contributed by atoms with E-state index in [4.69, 9.17) is 14.0 Å². The van der Waals surface area contributed by atoms with Gasteiger partial charge in [-0.25, -0.2) is 0 Å². The van der Waals surface area contributed by atoms with Crippen molar-refractivity contribution in [2.45, 2.75) is 26.9 Å². The molecule has 2 aromatic rings. The van der Waals surface area contributed by atoms with Crippen LogP contribution < -0.4 is 9.47 Å². The van der Waals surface area contributed by atoms with E-state index in [0.29, 0.717) is 19.0 Å². The van der Waals surface area contributed by atoms with Crippen LogP contribution in [0.2, 0.25) is 0 Å². The standard InChI is InChI=1S/C14H17NO3/c1-3-8-16-13-6-4-5-7-14(13)17-10-12-9-11(2)15-18-12/h4-7,9H,3,8,10H2,1-2H3. The number of para-hydroxylation sites is 2. The molecular weight excluding hydrogens is 230 g/mol. The Morgan fingerprint density at radius 3 is 2.50 bits per heavy atom. The smallest absolute Gasteiger partial charge is 0.174 e. The van der Waals surface area contributed by atoms with Gasteiger partial charge in [-0.3, -0.25) is 0 Å². The van der Waals surface area contributed by atoms with Crippen molar-refractivity contribution < 1.29 is 14.0 Å². The largest absolute Gasteiger partial charge is 0.490 e. The minimum atomic E-state index is 0.355. The maximum atomic E-state index is 5.67. The van der Waals surface area contributed by atoms with Crippen molar-refractivity contribution in [1.82, 2.24) is 5.16 Å². The van der Waals surface area contributed by atoms with E-state index < -0.39 is 0 Å². The van der Waals surface area contributed by atoms with E-state index in [1.165, 1.54) is 0 Å². The fourth-order valence-electron chi connectivity index (χ4n) is 1.53. The number of hydrogen-bond acceptors (Lipinski definition) is 4. The summed E-state index contributed by atoms with van der Waals surface area (Å²) < 4.78 is 16.4. The van der Waals surface area contributed by atoms with E-state index in [1.54, 1.807) is 0 Å².